The minimum Gasteiger partial charge on any atom is -0.427 e. The van der Waals surface area contributed by atoms with E-state index in [2.05, 4.69) is 9.89 Å². The molecule has 4 rings (SSSR count). The summed E-state index contributed by atoms with van der Waals surface area (Å²) in [5.74, 6) is -0.510. The van der Waals surface area contributed by atoms with Crippen LogP contribution in [0.2, 0.25) is 0 Å². The zero-order valence-corrected chi connectivity index (χ0v) is 16.7. The number of rotatable bonds is 3. The number of halogens is 2. The monoisotopic (exact) mass is 425 g/mol. The van der Waals surface area contributed by atoms with Gasteiger partial charge in [-0.05, 0) is 6.07 Å². The van der Waals surface area contributed by atoms with Crippen LogP contribution < -0.4 is 5.49 Å². The molecule has 9 heteroatoms. The second-order valence-electron chi connectivity index (χ2n) is 6.31. The topological polar surface area (TPSA) is 84.1 Å². The fourth-order valence-corrected chi connectivity index (χ4v) is 3.38. The molecule has 0 radical (unpaired) electrons. The molecular formula is C19H21Cl2N3O4. The Morgan fingerprint density at radius 3 is 2.29 bits per heavy atom. The van der Waals surface area contributed by atoms with Crippen LogP contribution in [0.5, 0.6) is 0 Å². The van der Waals surface area contributed by atoms with Gasteiger partial charge in [0.05, 0.1) is 25.3 Å². The molecule has 150 valence electrons. The number of hydrogen-bond acceptors (Lipinski definition) is 6. The molecular weight excluding hydrogens is 405 g/mol. The molecule has 1 aliphatic carbocycles. The number of ether oxygens (including phenoxy) is 1. The molecule has 0 spiro atoms. The smallest absolute Gasteiger partial charge is 0.198 e. The lowest BCUT2D eigenvalue weighted by Crippen LogP contribution is -2.38. The van der Waals surface area contributed by atoms with Gasteiger partial charge in [0.25, 0.3) is 0 Å². The van der Waals surface area contributed by atoms with Gasteiger partial charge >= 0.3 is 0 Å². The predicted octanol–water partition coefficient (Wildman–Crippen LogP) is 1.58. The Kier molecular flexibility index (Phi) is 7.37. The maximum absolute atomic E-state index is 12.9. The second-order valence-corrected chi connectivity index (χ2v) is 6.31. The Bertz CT molecular complexity index is 952. The maximum Gasteiger partial charge on any atom is 0.198 e. The lowest BCUT2D eigenvalue weighted by molar-refractivity contribution is 0.0392. The summed E-state index contributed by atoms with van der Waals surface area (Å²) >= 11 is 0. The van der Waals surface area contributed by atoms with Gasteiger partial charge in [0.1, 0.15) is 0 Å². The van der Waals surface area contributed by atoms with Crippen LogP contribution in [0.3, 0.4) is 0 Å². The van der Waals surface area contributed by atoms with E-state index in [9.17, 15) is 14.8 Å². The summed E-state index contributed by atoms with van der Waals surface area (Å²) in [7, 11) is 0. The van der Waals surface area contributed by atoms with Gasteiger partial charge in [0, 0.05) is 42.5 Å². The van der Waals surface area contributed by atoms with Crippen molar-refractivity contribution < 1.29 is 19.5 Å². The van der Waals surface area contributed by atoms with E-state index >= 15 is 0 Å². The molecule has 2 heterocycles. The number of carbonyl (C=O) groups excluding carboxylic acids is 2. The van der Waals surface area contributed by atoms with Crippen molar-refractivity contribution in [3.63, 3.8) is 0 Å². The number of hydrogen-bond donors (Lipinski definition) is 1. The first-order chi connectivity index (χ1) is 12.7. The third-order valence-corrected chi connectivity index (χ3v) is 4.76. The third-order valence-electron chi connectivity index (χ3n) is 4.76. The summed E-state index contributed by atoms with van der Waals surface area (Å²) in [6.45, 7) is 4.19. The van der Waals surface area contributed by atoms with Crippen LogP contribution in [0.15, 0.2) is 41.5 Å². The van der Waals surface area contributed by atoms with E-state index in [4.69, 9.17) is 4.74 Å². The summed E-state index contributed by atoms with van der Waals surface area (Å²) in [6.07, 6.45) is 1.35. The lowest BCUT2D eigenvalue weighted by Gasteiger charge is -2.25. The first kappa shape index (κ1) is 22.1. The van der Waals surface area contributed by atoms with Crippen molar-refractivity contribution >= 4 is 36.4 Å². The quantitative estimate of drug-likeness (QED) is 0.643. The molecule has 0 amide bonds. The van der Waals surface area contributed by atoms with Crippen molar-refractivity contribution in [3.05, 3.63) is 64.3 Å². The number of ketones is 2. The van der Waals surface area contributed by atoms with Crippen molar-refractivity contribution in [1.29, 1.82) is 0 Å². The average Bonchev–Trinajstić information content (AvgIpc) is 2.68. The molecule has 0 bridgehead atoms. The minimum absolute atomic E-state index is 0. The Balaban J connectivity index is 0.00000140. The van der Waals surface area contributed by atoms with Crippen LogP contribution in [0.25, 0.3) is 0 Å². The van der Waals surface area contributed by atoms with E-state index in [0.717, 1.165) is 17.8 Å². The Labute approximate surface area is 174 Å². The van der Waals surface area contributed by atoms with Gasteiger partial charge in [-0.3, -0.25) is 19.5 Å². The van der Waals surface area contributed by atoms with Crippen molar-refractivity contribution in [3.8, 4) is 0 Å². The summed E-state index contributed by atoms with van der Waals surface area (Å²) in [5, 5.41) is 10.2. The largest absolute Gasteiger partial charge is 0.427 e. The van der Waals surface area contributed by atoms with Crippen molar-refractivity contribution in [2.24, 2.45) is 4.99 Å². The van der Waals surface area contributed by atoms with Crippen molar-refractivity contribution in [2.45, 2.75) is 0 Å². The predicted molar refractivity (Wildman–Crippen MR) is 107 cm³/mol. The highest BCUT2D eigenvalue weighted by atomic mass is 35.5. The summed E-state index contributed by atoms with van der Waals surface area (Å²) in [4.78, 5) is 32.3. The van der Waals surface area contributed by atoms with Crippen LogP contribution in [0, 0.1) is 0 Å². The van der Waals surface area contributed by atoms with E-state index in [1.807, 2.05) is 0 Å². The molecule has 7 nitrogen and oxygen atoms in total. The molecule has 2 aliphatic rings. The number of aromatic nitrogens is 1. The number of nitrogens with zero attached hydrogens (tertiary/aromatic N) is 3. The van der Waals surface area contributed by atoms with E-state index in [1.165, 1.54) is 12.3 Å². The molecule has 1 saturated heterocycles. The number of benzene rings is 1. The molecule has 0 unspecified atom stereocenters. The first-order valence-corrected chi connectivity index (χ1v) is 8.61. The highest BCUT2D eigenvalue weighted by Gasteiger charge is 2.31. The summed E-state index contributed by atoms with van der Waals surface area (Å²) < 4.78 is 6.14. The van der Waals surface area contributed by atoms with E-state index in [-0.39, 0.29) is 53.0 Å². The molecule has 1 fully saturated rings. The van der Waals surface area contributed by atoms with Gasteiger partial charge in [0.2, 0.25) is 0 Å². The molecule has 0 saturated carbocycles. The number of carbonyl (C=O) groups is 2. The van der Waals surface area contributed by atoms with Crippen molar-refractivity contribution in [1.82, 2.24) is 9.63 Å². The van der Waals surface area contributed by atoms with Gasteiger partial charge in [-0.25, -0.2) is 0 Å². The average molecular weight is 426 g/mol. The Hall–Kier alpha value is -2.19. The van der Waals surface area contributed by atoms with Crippen LogP contribution >= 0.6 is 24.8 Å². The van der Waals surface area contributed by atoms with Gasteiger partial charge in [-0.2, -0.15) is 4.73 Å². The highest BCUT2D eigenvalue weighted by molar-refractivity contribution is 6.28. The number of pyridine rings is 1. The van der Waals surface area contributed by atoms with E-state index in [1.54, 1.807) is 24.3 Å². The second kappa shape index (κ2) is 9.34. The molecule has 0 atom stereocenters. The third kappa shape index (κ3) is 3.98. The standard InChI is InChI=1S/C19H19N3O4.2ClH/c23-17-13-3-1-2-4-14(13)18(24)16-15(17)5-7-22(25)19(16)20-6-8-21-9-11-26-12-10-21;;/h1-5,7,25H,6,8-12H2;2*1H. The first-order valence-electron chi connectivity index (χ1n) is 8.61. The zero-order chi connectivity index (χ0) is 18.1. The molecule has 28 heavy (non-hydrogen) atoms. The fraction of sp³-hybridized carbons (Fsp3) is 0.316. The number of morpholine rings is 1. The van der Waals surface area contributed by atoms with Crippen molar-refractivity contribution in [2.75, 3.05) is 39.4 Å². The normalized spacial score (nSPS) is 16.6. The molecule has 1 aliphatic heterocycles. The van der Waals surface area contributed by atoms with E-state index in [0.29, 0.717) is 37.4 Å². The molecule has 1 aromatic heterocycles. The summed E-state index contributed by atoms with van der Waals surface area (Å²) in [6, 6.07) is 8.20. The van der Waals surface area contributed by atoms with Crippen LogP contribution in [0.4, 0.5) is 0 Å². The lowest BCUT2D eigenvalue weighted by atomic mass is 9.85. The highest BCUT2D eigenvalue weighted by Crippen LogP contribution is 2.24. The van der Waals surface area contributed by atoms with Gasteiger partial charge in [-0.15, -0.1) is 24.8 Å². The Morgan fingerprint density at radius 2 is 1.61 bits per heavy atom. The minimum atomic E-state index is -0.288. The Morgan fingerprint density at radius 1 is 0.964 bits per heavy atom. The molecule has 1 N–H and O–H groups in total. The van der Waals surface area contributed by atoms with Gasteiger partial charge in [0.15, 0.2) is 17.1 Å². The molecule has 1 aromatic carbocycles. The molecule has 2 aromatic rings. The van der Waals surface area contributed by atoms with E-state index < -0.39 is 0 Å². The number of fused-ring (bicyclic) bond motifs is 2. The van der Waals surface area contributed by atoms with Crippen LogP contribution in [-0.2, 0) is 4.74 Å². The fourth-order valence-electron chi connectivity index (χ4n) is 3.38. The maximum atomic E-state index is 12.9. The van der Waals surface area contributed by atoms with Gasteiger partial charge < -0.3 is 9.94 Å². The SMILES string of the molecule is Cl.Cl.O=C1c2ccccc2C(=O)c2c1ccn(O)c2=NCCN1CCOCC1. The van der Waals surface area contributed by atoms with Crippen LogP contribution in [-0.4, -0.2) is 65.8 Å². The van der Waals surface area contributed by atoms with Gasteiger partial charge in [-0.1, -0.05) is 24.3 Å². The summed E-state index contributed by atoms with van der Waals surface area (Å²) in [5.41, 5.74) is 1.31. The van der Waals surface area contributed by atoms with Crippen LogP contribution in [0.1, 0.15) is 31.8 Å². The zero-order valence-electron chi connectivity index (χ0n) is 15.0.